The molecule has 0 aromatic carbocycles. The molecule has 0 aliphatic heterocycles. The van der Waals surface area contributed by atoms with Crippen molar-refractivity contribution in [2.24, 2.45) is 0 Å². The van der Waals surface area contributed by atoms with Crippen LogP contribution in [0.15, 0.2) is 12.4 Å². The zero-order valence-corrected chi connectivity index (χ0v) is 9.80. The minimum atomic E-state index is 0.804. The van der Waals surface area contributed by atoms with Crippen molar-refractivity contribution in [3.05, 3.63) is 18.2 Å². The zero-order valence-electron chi connectivity index (χ0n) is 9.80. The van der Waals surface area contributed by atoms with E-state index in [2.05, 4.69) is 25.4 Å². The highest BCUT2D eigenvalue weighted by Crippen LogP contribution is 2.15. The Morgan fingerprint density at radius 2 is 2.25 bits per heavy atom. The molecule has 0 aliphatic rings. The summed E-state index contributed by atoms with van der Waals surface area (Å²) in [5.41, 5.74) is 0.804. The summed E-state index contributed by atoms with van der Waals surface area (Å²) in [6.07, 6.45) is 3.65. The molecule has 2 aromatic rings. The molecule has 0 bridgehead atoms. The SMILES string of the molecule is CNCCN(C)c1nccn2c(C)nnc12. The van der Waals surface area contributed by atoms with Crippen molar-refractivity contribution >= 4 is 11.5 Å². The van der Waals surface area contributed by atoms with Gasteiger partial charge in [0.25, 0.3) is 0 Å². The van der Waals surface area contributed by atoms with Crippen LogP contribution < -0.4 is 10.2 Å². The van der Waals surface area contributed by atoms with Gasteiger partial charge < -0.3 is 10.2 Å². The van der Waals surface area contributed by atoms with E-state index in [9.17, 15) is 0 Å². The second-order valence-electron chi connectivity index (χ2n) is 3.72. The third-order valence-corrected chi connectivity index (χ3v) is 2.54. The van der Waals surface area contributed by atoms with Crippen LogP contribution in [-0.4, -0.2) is 46.8 Å². The van der Waals surface area contributed by atoms with Gasteiger partial charge in [-0.1, -0.05) is 0 Å². The maximum Gasteiger partial charge on any atom is 0.203 e. The second kappa shape index (κ2) is 4.44. The summed E-state index contributed by atoms with van der Waals surface area (Å²) < 4.78 is 1.94. The van der Waals surface area contributed by atoms with Gasteiger partial charge in [-0.2, -0.15) is 0 Å². The third-order valence-electron chi connectivity index (χ3n) is 2.54. The normalized spacial score (nSPS) is 10.9. The van der Waals surface area contributed by atoms with E-state index in [1.807, 2.05) is 31.6 Å². The van der Waals surface area contributed by atoms with Crippen LogP contribution in [0.2, 0.25) is 0 Å². The van der Waals surface area contributed by atoms with Gasteiger partial charge in [-0.15, -0.1) is 10.2 Å². The zero-order chi connectivity index (χ0) is 11.5. The van der Waals surface area contributed by atoms with Crippen LogP contribution in [0.25, 0.3) is 5.65 Å². The molecule has 86 valence electrons. The van der Waals surface area contributed by atoms with Crippen molar-refractivity contribution < 1.29 is 0 Å². The van der Waals surface area contributed by atoms with Gasteiger partial charge in [0.05, 0.1) is 0 Å². The van der Waals surface area contributed by atoms with Crippen molar-refractivity contribution in [2.45, 2.75) is 6.92 Å². The first-order valence-electron chi connectivity index (χ1n) is 5.26. The number of nitrogens with zero attached hydrogens (tertiary/aromatic N) is 5. The maximum absolute atomic E-state index is 4.35. The van der Waals surface area contributed by atoms with Crippen LogP contribution in [0.4, 0.5) is 5.82 Å². The van der Waals surface area contributed by atoms with Crippen LogP contribution in [0, 0.1) is 6.92 Å². The monoisotopic (exact) mass is 220 g/mol. The lowest BCUT2D eigenvalue weighted by Gasteiger charge is -2.17. The van der Waals surface area contributed by atoms with Crippen molar-refractivity contribution in [1.82, 2.24) is 24.9 Å². The summed E-state index contributed by atoms with van der Waals surface area (Å²) in [4.78, 5) is 6.42. The molecule has 0 atom stereocenters. The highest BCUT2D eigenvalue weighted by molar-refractivity contribution is 5.63. The molecular weight excluding hydrogens is 204 g/mol. The highest BCUT2D eigenvalue weighted by Gasteiger charge is 2.10. The van der Waals surface area contributed by atoms with Crippen molar-refractivity contribution in [3.8, 4) is 0 Å². The number of aryl methyl sites for hydroxylation is 1. The quantitative estimate of drug-likeness (QED) is 0.791. The third kappa shape index (κ3) is 1.83. The van der Waals surface area contributed by atoms with Crippen molar-refractivity contribution in [1.29, 1.82) is 0 Å². The summed E-state index contributed by atoms with van der Waals surface area (Å²) in [6, 6.07) is 0. The molecule has 2 rings (SSSR count). The van der Waals surface area contributed by atoms with E-state index in [0.29, 0.717) is 0 Å². The smallest absolute Gasteiger partial charge is 0.203 e. The average molecular weight is 220 g/mol. The van der Waals surface area contributed by atoms with Crippen molar-refractivity contribution in [3.63, 3.8) is 0 Å². The first-order chi connectivity index (χ1) is 7.74. The summed E-state index contributed by atoms with van der Waals surface area (Å²) in [5, 5.41) is 11.3. The number of rotatable bonds is 4. The van der Waals surface area contributed by atoms with Gasteiger partial charge in [0.2, 0.25) is 5.65 Å². The van der Waals surface area contributed by atoms with E-state index >= 15 is 0 Å². The van der Waals surface area contributed by atoms with E-state index in [-0.39, 0.29) is 0 Å². The summed E-state index contributed by atoms with van der Waals surface area (Å²) in [7, 11) is 3.94. The molecule has 0 saturated carbocycles. The molecular formula is C10H16N6. The minimum absolute atomic E-state index is 0.804. The Kier molecular flexibility index (Phi) is 3.00. The molecule has 0 unspecified atom stereocenters. The summed E-state index contributed by atoms with van der Waals surface area (Å²) in [6.45, 7) is 3.72. The Labute approximate surface area is 94.3 Å². The topological polar surface area (TPSA) is 58.4 Å². The molecule has 1 N–H and O–H groups in total. The fraction of sp³-hybridized carbons (Fsp3) is 0.500. The summed E-state index contributed by atoms with van der Waals surface area (Å²) in [5.74, 6) is 1.74. The van der Waals surface area contributed by atoms with Gasteiger partial charge in [0.15, 0.2) is 5.82 Å². The first-order valence-corrected chi connectivity index (χ1v) is 5.26. The van der Waals surface area contributed by atoms with E-state index in [4.69, 9.17) is 0 Å². The molecule has 0 saturated heterocycles. The fourth-order valence-electron chi connectivity index (χ4n) is 1.58. The predicted molar refractivity (Wildman–Crippen MR) is 62.7 cm³/mol. The minimum Gasteiger partial charge on any atom is -0.355 e. The van der Waals surface area contributed by atoms with Gasteiger partial charge >= 0.3 is 0 Å². The molecule has 16 heavy (non-hydrogen) atoms. The molecule has 2 heterocycles. The first kappa shape index (κ1) is 10.8. The van der Waals surface area contributed by atoms with Gasteiger partial charge in [-0.25, -0.2) is 4.98 Å². The average Bonchev–Trinajstić information content (AvgIpc) is 2.68. The lowest BCUT2D eigenvalue weighted by molar-refractivity contribution is 0.761. The van der Waals surface area contributed by atoms with Gasteiger partial charge in [0.1, 0.15) is 5.82 Å². The van der Waals surface area contributed by atoms with Gasteiger partial charge in [-0.05, 0) is 14.0 Å². The Morgan fingerprint density at radius 3 is 3.00 bits per heavy atom. The number of hydrogen-bond donors (Lipinski definition) is 1. The largest absolute Gasteiger partial charge is 0.355 e. The lowest BCUT2D eigenvalue weighted by atomic mass is 10.5. The van der Waals surface area contributed by atoms with Crippen LogP contribution >= 0.6 is 0 Å². The molecule has 2 aromatic heterocycles. The molecule has 0 spiro atoms. The van der Waals surface area contributed by atoms with Crippen LogP contribution in [-0.2, 0) is 0 Å². The molecule has 0 aliphatic carbocycles. The Balaban J connectivity index is 2.36. The molecule has 0 radical (unpaired) electrons. The van der Waals surface area contributed by atoms with E-state index in [1.165, 1.54) is 0 Å². The van der Waals surface area contributed by atoms with Crippen LogP contribution in [0.1, 0.15) is 5.82 Å². The standard InChI is InChI=1S/C10H16N6/c1-8-13-14-10-9(12-5-7-16(8)10)15(3)6-4-11-2/h5,7,11H,4,6H2,1-3H3. The van der Waals surface area contributed by atoms with Gasteiger partial charge in [-0.3, -0.25) is 4.40 Å². The Hall–Kier alpha value is -1.69. The van der Waals surface area contributed by atoms with Gasteiger partial charge in [0, 0.05) is 32.5 Å². The number of anilines is 1. The number of hydrogen-bond acceptors (Lipinski definition) is 5. The lowest BCUT2D eigenvalue weighted by Crippen LogP contribution is -2.28. The molecule has 6 heteroatoms. The van der Waals surface area contributed by atoms with Crippen molar-refractivity contribution in [2.75, 3.05) is 32.1 Å². The second-order valence-corrected chi connectivity index (χ2v) is 3.72. The number of aromatic nitrogens is 4. The predicted octanol–water partition coefficient (Wildman–Crippen LogP) is 0.0883. The molecule has 6 nitrogen and oxygen atoms in total. The number of likely N-dealkylation sites (N-methyl/N-ethyl adjacent to an activating group) is 2. The maximum atomic E-state index is 4.35. The van der Waals surface area contributed by atoms with E-state index in [0.717, 1.165) is 30.4 Å². The van der Waals surface area contributed by atoms with E-state index < -0.39 is 0 Å². The molecule has 0 amide bonds. The Morgan fingerprint density at radius 1 is 1.44 bits per heavy atom. The molecule has 0 fully saturated rings. The number of nitrogens with one attached hydrogen (secondary N) is 1. The summed E-state index contributed by atoms with van der Waals surface area (Å²) >= 11 is 0. The number of fused-ring (bicyclic) bond motifs is 1. The Bertz CT molecular complexity index is 477. The fourth-order valence-corrected chi connectivity index (χ4v) is 1.58. The van der Waals surface area contributed by atoms with Crippen LogP contribution in [0.5, 0.6) is 0 Å². The van der Waals surface area contributed by atoms with Crippen LogP contribution in [0.3, 0.4) is 0 Å². The van der Waals surface area contributed by atoms with E-state index in [1.54, 1.807) is 6.20 Å². The highest BCUT2D eigenvalue weighted by atomic mass is 15.3.